The number of halogens is 2. The highest BCUT2D eigenvalue weighted by Gasteiger charge is 2.34. The SMILES string of the molecule is O=c1[nH]cnc2ncnc(N3CCCC3c3nn4ccc(Cl)c4c(=O)n3-c3cccc(F)c3)c12. The lowest BCUT2D eigenvalue weighted by Crippen LogP contribution is -2.34. The molecule has 5 aromatic rings. The van der Waals surface area contributed by atoms with Crippen LogP contribution in [-0.2, 0) is 0 Å². The molecule has 1 aromatic carbocycles. The van der Waals surface area contributed by atoms with E-state index in [1.165, 1.54) is 39.9 Å². The van der Waals surface area contributed by atoms with Crippen molar-refractivity contribution in [3.63, 3.8) is 0 Å². The maximum Gasteiger partial charge on any atom is 0.284 e. The fourth-order valence-corrected chi connectivity index (χ4v) is 4.75. The Bertz CT molecular complexity index is 1690. The number of nitrogens with one attached hydrogen (secondary N) is 1. The standard InChI is InChI=1S/C22H16ClFN8O2/c23-14-6-8-31-17(14)22(34)32(13-4-1-3-12(24)9-13)19(29-31)15-5-2-7-30(15)20-16-18(25-10-27-20)26-11-28-21(16)33/h1,3-4,6,8-11,15H,2,5,7H2,(H,25,26,27,28,33). The molecule has 170 valence electrons. The van der Waals surface area contributed by atoms with E-state index in [0.29, 0.717) is 30.3 Å². The van der Waals surface area contributed by atoms with Gasteiger partial charge in [-0.05, 0) is 37.1 Å². The maximum atomic E-state index is 14.1. The van der Waals surface area contributed by atoms with Crippen LogP contribution in [0, 0.1) is 5.82 Å². The van der Waals surface area contributed by atoms with Crippen molar-refractivity contribution in [3.8, 4) is 5.69 Å². The highest BCUT2D eigenvalue weighted by Crippen LogP contribution is 2.36. The Balaban J connectivity index is 1.62. The molecule has 5 heterocycles. The van der Waals surface area contributed by atoms with Crippen LogP contribution in [0.25, 0.3) is 22.2 Å². The molecule has 0 amide bonds. The molecule has 10 nitrogen and oxygen atoms in total. The first-order chi connectivity index (χ1) is 16.5. The molecule has 1 saturated heterocycles. The van der Waals surface area contributed by atoms with Gasteiger partial charge in [-0.2, -0.15) is 5.10 Å². The van der Waals surface area contributed by atoms with E-state index in [2.05, 4.69) is 19.9 Å². The van der Waals surface area contributed by atoms with Crippen LogP contribution in [0.3, 0.4) is 0 Å². The number of fused-ring (bicyclic) bond motifs is 2. The third-order valence-electron chi connectivity index (χ3n) is 5.97. The molecule has 0 radical (unpaired) electrons. The second-order valence-corrected chi connectivity index (χ2v) is 8.32. The first-order valence-corrected chi connectivity index (χ1v) is 10.9. The minimum atomic E-state index is -0.487. The van der Waals surface area contributed by atoms with Crippen molar-refractivity contribution in [1.29, 1.82) is 0 Å². The zero-order valence-corrected chi connectivity index (χ0v) is 18.3. The van der Waals surface area contributed by atoms with E-state index in [0.717, 1.165) is 6.42 Å². The molecule has 0 bridgehead atoms. The van der Waals surface area contributed by atoms with Crippen molar-refractivity contribution < 1.29 is 4.39 Å². The molecule has 1 atom stereocenters. The minimum Gasteiger partial charge on any atom is -0.345 e. The average molecular weight is 479 g/mol. The van der Waals surface area contributed by atoms with E-state index in [9.17, 15) is 14.0 Å². The highest BCUT2D eigenvalue weighted by atomic mass is 35.5. The predicted molar refractivity (Wildman–Crippen MR) is 123 cm³/mol. The van der Waals surface area contributed by atoms with Crippen LogP contribution in [0.15, 0.2) is 58.8 Å². The zero-order valence-electron chi connectivity index (χ0n) is 17.5. The lowest BCUT2D eigenvalue weighted by molar-refractivity contribution is 0.596. The van der Waals surface area contributed by atoms with Crippen molar-refractivity contribution in [2.24, 2.45) is 0 Å². The fourth-order valence-electron chi connectivity index (χ4n) is 4.53. The van der Waals surface area contributed by atoms with Crippen LogP contribution in [-0.4, -0.2) is 40.7 Å². The van der Waals surface area contributed by atoms with Crippen LogP contribution in [0.1, 0.15) is 24.7 Å². The van der Waals surface area contributed by atoms with E-state index in [1.807, 2.05) is 4.90 Å². The molecular weight excluding hydrogens is 463 g/mol. The quantitative estimate of drug-likeness (QED) is 0.424. The van der Waals surface area contributed by atoms with E-state index < -0.39 is 17.4 Å². The smallest absolute Gasteiger partial charge is 0.284 e. The number of aromatic nitrogens is 7. The molecule has 1 N–H and O–H groups in total. The monoisotopic (exact) mass is 478 g/mol. The lowest BCUT2D eigenvalue weighted by Gasteiger charge is -2.27. The largest absolute Gasteiger partial charge is 0.345 e. The number of nitrogens with zero attached hydrogens (tertiary/aromatic N) is 7. The third-order valence-corrected chi connectivity index (χ3v) is 6.27. The van der Waals surface area contributed by atoms with E-state index in [-0.39, 0.29) is 27.1 Å². The van der Waals surface area contributed by atoms with Gasteiger partial charge in [0, 0.05) is 12.7 Å². The van der Waals surface area contributed by atoms with Crippen molar-refractivity contribution in [1.82, 2.24) is 34.1 Å². The summed E-state index contributed by atoms with van der Waals surface area (Å²) in [6, 6.07) is 6.89. The van der Waals surface area contributed by atoms with Crippen LogP contribution in [0.5, 0.6) is 0 Å². The summed E-state index contributed by atoms with van der Waals surface area (Å²) in [5.41, 5.74) is -0.0139. The summed E-state index contributed by atoms with van der Waals surface area (Å²) in [6.07, 6.45) is 5.63. The zero-order chi connectivity index (χ0) is 23.4. The summed E-state index contributed by atoms with van der Waals surface area (Å²) in [6.45, 7) is 0.564. The van der Waals surface area contributed by atoms with E-state index in [1.54, 1.807) is 18.3 Å². The van der Waals surface area contributed by atoms with Gasteiger partial charge in [0.15, 0.2) is 11.5 Å². The average Bonchev–Trinajstić information content (AvgIpc) is 3.46. The third kappa shape index (κ3) is 3.08. The Kier molecular flexibility index (Phi) is 4.66. The van der Waals surface area contributed by atoms with Crippen molar-refractivity contribution in [2.45, 2.75) is 18.9 Å². The van der Waals surface area contributed by atoms with Gasteiger partial charge in [0.1, 0.15) is 28.9 Å². The molecule has 1 aliphatic rings. The summed E-state index contributed by atoms with van der Waals surface area (Å²) < 4.78 is 17.0. The van der Waals surface area contributed by atoms with Crippen molar-refractivity contribution in [3.05, 3.63) is 86.6 Å². The molecule has 1 fully saturated rings. The van der Waals surface area contributed by atoms with Crippen LogP contribution < -0.4 is 16.0 Å². The van der Waals surface area contributed by atoms with E-state index >= 15 is 0 Å². The molecule has 12 heteroatoms. The van der Waals surface area contributed by atoms with Crippen molar-refractivity contribution >= 4 is 34.0 Å². The molecule has 0 spiro atoms. The maximum absolute atomic E-state index is 14.1. The molecule has 1 unspecified atom stereocenters. The van der Waals surface area contributed by atoms with Crippen LogP contribution in [0.2, 0.25) is 5.02 Å². The molecule has 1 aliphatic heterocycles. The Morgan fingerprint density at radius 1 is 1.15 bits per heavy atom. The number of H-pyrrole nitrogens is 1. The number of hydrogen-bond donors (Lipinski definition) is 1. The molecule has 0 saturated carbocycles. The van der Waals surface area contributed by atoms with Crippen LogP contribution >= 0.6 is 11.6 Å². The summed E-state index contributed by atoms with van der Waals surface area (Å²) in [5.74, 6) is 0.284. The summed E-state index contributed by atoms with van der Waals surface area (Å²) in [7, 11) is 0. The molecule has 0 aliphatic carbocycles. The second kappa shape index (κ2) is 7.73. The number of aromatic amines is 1. The molecule has 4 aromatic heterocycles. The van der Waals surface area contributed by atoms with Gasteiger partial charge in [-0.1, -0.05) is 17.7 Å². The normalized spacial score (nSPS) is 16.1. The summed E-state index contributed by atoms with van der Waals surface area (Å²) in [4.78, 5) is 43.3. The van der Waals surface area contributed by atoms with Gasteiger partial charge < -0.3 is 9.88 Å². The van der Waals surface area contributed by atoms with Gasteiger partial charge in [-0.15, -0.1) is 0 Å². The molecular formula is C22H16ClFN8O2. The van der Waals surface area contributed by atoms with Gasteiger partial charge in [-0.25, -0.2) is 23.9 Å². The Labute approximate surface area is 195 Å². The van der Waals surface area contributed by atoms with Gasteiger partial charge >= 0.3 is 0 Å². The Hall–Kier alpha value is -4.12. The van der Waals surface area contributed by atoms with Gasteiger partial charge in [0.05, 0.1) is 23.1 Å². The Morgan fingerprint density at radius 2 is 2.03 bits per heavy atom. The molecule has 34 heavy (non-hydrogen) atoms. The number of anilines is 1. The first-order valence-electron chi connectivity index (χ1n) is 10.5. The second-order valence-electron chi connectivity index (χ2n) is 7.91. The highest BCUT2D eigenvalue weighted by molar-refractivity contribution is 6.33. The number of rotatable bonds is 3. The van der Waals surface area contributed by atoms with Crippen molar-refractivity contribution in [2.75, 3.05) is 11.4 Å². The minimum absolute atomic E-state index is 0.187. The van der Waals surface area contributed by atoms with Gasteiger partial charge in [0.2, 0.25) is 0 Å². The summed E-state index contributed by atoms with van der Waals surface area (Å²) >= 11 is 6.27. The first kappa shape index (κ1) is 20.5. The van der Waals surface area contributed by atoms with Gasteiger partial charge in [0.25, 0.3) is 11.1 Å². The van der Waals surface area contributed by atoms with Crippen LogP contribution in [0.4, 0.5) is 10.2 Å². The Morgan fingerprint density at radius 3 is 2.88 bits per heavy atom. The molecule has 6 rings (SSSR count). The van der Waals surface area contributed by atoms with E-state index in [4.69, 9.17) is 16.7 Å². The number of hydrogen-bond acceptors (Lipinski definition) is 7. The topological polar surface area (TPSA) is 114 Å². The predicted octanol–water partition coefficient (Wildman–Crippen LogP) is 2.65. The fraction of sp³-hybridized carbons (Fsp3) is 0.182. The number of benzene rings is 1. The summed E-state index contributed by atoms with van der Waals surface area (Å²) in [5, 5.41) is 5.21. The lowest BCUT2D eigenvalue weighted by atomic mass is 10.2. The van der Waals surface area contributed by atoms with Gasteiger partial charge in [-0.3, -0.25) is 14.2 Å².